The molecule has 1 aromatic carbocycles. The first-order chi connectivity index (χ1) is 8.97. The Morgan fingerprint density at radius 2 is 2.11 bits per heavy atom. The van der Waals surface area contributed by atoms with Gasteiger partial charge in [0.15, 0.2) is 0 Å². The first kappa shape index (κ1) is 12.7. The molecular weight excluding hydrogens is 234 g/mol. The molecule has 1 saturated heterocycles. The van der Waals surface area contributed by atoms with Crippen LogP contribution in [-0.2, 0) is 12.5 Å². The standard InChI is InChI=1S/C16H23N3/c1-16(2,3)15-18-13-6-5-11(9-14(13)19(15)4)12-7-8-17-10-12/h5-6,9,12,17H,7-8,10H2,1-4H3. The zero-order valence-electron chi connectivity index (χ0n) is 12.3. The van der Waals surface area contributed by atoms with Crippen LogP contribution in [0.25, 0.3) is 11.0 Å². The van der Waals surface area contributed by atoms with Gasteiger partial charge in [0.25, 0.3) is 0 Å². The van der Waals surface area contributed by atoms with E-state index < -0.39 is 0 Å². The summed E-state index contributed by atoms with van der Waals surface area (Å²) in [6.07, 6.45) is 1.25. The number of rotatable bonds is 1. The number of fused-ring (bicyclic) bond motifs is 1. The van der Waals surface area contributed by atoms with Crippen LogP contribution >= 0.6 is 0 Å². The van der Waals surface area contributed by atoms with E-state index >= 15 is 0 Å². The normalized spacial score (nSPS) is 20.3. The van der Waals surface area contributed by atoms with Gasteiger partial charge in [0.2, 0.25) is 0 Å². The first-order valence-corrected chi connectivity index (χ1v) is 7.14. The summed E-state index contributed by atoms with van der Waals surface area (Å²) in [6, 6.07) is 6.76. The number of benzene rings is 1. The van der Waals surface area contributed by atoms with Crippen LogP contribution in [0.1, 0.15) is 44.5 Å². The lowest BCUT2D eigenvalue weighted by Gasteiger charge is -2.17. The SMILES string of the molecule is Cn1c(C(C)(C)C)nc2ccc(C3CCNC3)cc21. The Hall–Kier alpha value is -1.35. The molecule has 1 fully saturated rings. The summed E-state index contributed by atoms with van der Waals surface area (Å²) in [6.45, 7) is 8.90. The van der Waals surface area contributed by atoms with E-state index in [-0.39, 0.29) is 5.41 Å². The van der Waals surface area contributed by atoms with E-state index in [9.17, 15) is 0 Å². The molecule has 2 heterocycles. The highest BCUT2D eigenvalue weighted by Crippen LogP contribution is 2.29. The summed E-state index contributed by atoms with van der Waals surface area (Å²) in [4.78, 5) is 4.80. The Morgan fingerprint density at radius 1 is 1.32 bits per heavy atom. The van der Waals surface area contributed by atoms with Crippen LogP contribution in [0.3, 0.4) is 0 Å². The van der Waals surface area contributed by atoms with Crippen LogP contribution in [0.4, 0.5) is 0 Å². The van der Waals surface area contributed by atoms with Crippen LogP contribution in [0.2, 0.25) is 0 Å². The molecule has 19 heavy (non-hydrogen) atoms. The number of aryl methyl sites for hydroxylation is 1. The Morgan fingerprint density at radius 3 is 2.74 bits per heavy atom. The fourth-order valence-electron chi connectivity index (χ4n) is 3.07. The van der Waals surface area contributed by atoms with Gasteiger partial charge in [-0.15, -0.1) is 0 Å². The predicted octanol–water partition coefficient (Wildman–Crippen LogP) is 2.95. The molecule has 0 amide bonds. The van der Waals surface area contributed by atoms with Gasteiger partial charge < -0.3 is 9.88 Å². The van der Waals surface area contributed by atoms with Crippen molar-refractivity contribution in [3.8, 4) is 0 Å². The second-order valence-electron chi connectivity index (χ2n) is 6.68. The molecule has 102 valence electrons. The van der Waals surface area contributed by atoms with E-state index in [1.165, 1.54) is 17.5 Å². The summed E-state index contributed by atoms with van der Waals surface area (Å²) in [7, 11) is 2.13. The molecule has 3 nitrogen and oxygen atoms in total. The fraction of sp³-hybridized carbons (Fsp3) is 0.562. The molecule has 0 aliphatic carbocycles. The minimum Gasteiger partial charge on any atom is -0.331 e. The quantitative estimate of drug-likeness (QED) is 0.851. The van der Waals surface area contributed by atoms with Crippen molar-refractivity contribution in [2.24, 2.45) is 7.05 Å². The fourth-order valence-corrected chi connectivity index (χ4v) is 3.07. The number of imidazole rings is 1. The molecule has 2 aromatic rings. The van der Waals surface area contributed by atoms with Crippen LogP contribution in [0, 0.1) is 0 Å². The molecule has 1 N–H and O–H groups in total. The van der Waals surface area contributed by atoms with Gasteiger partial charge in [0.05, 0.1) is 11.0 Å². The van der Waals surface area contributed by atoms with Crippen molar-refractivity contribution in [3.63, 3.8) is 0 Å². The second kappa shape index (κ2) is 4.34. The van der Waals surface area contributed by atoms with Crippen LogP contribution in [0.15, 0.2) is 18.2 Å². The number of hydrogen-bond donors (Lipinski definition) is 1. The Kier molecular flexibility index (Phi) is 2.90. The predicted molar refractivity (Wildman–Crippen MR) is 79.6 cm³/mol. The molecule has 0 radical (unpaired) electrons. The van der Waals surface area contributed by atoms with Crippen molar-refractivity contribution in [1.82, 2.24) is 14.9 Å². The molecule has 3 rings (SSSR count). The van der Waals surface area contributed by atoms with Crippen LogP contribution in [-0.4, -0.2) is 22.6 Å². The Labute approximate surface area is 115 Å². The van der Waals surface area contributed by atoms with E-state index in [0.29, 0.717) is 5.92 Å². The second-order valence-corrected chi connectivity index (χ2v) is 6.68. The highest BCUT2D eigenvalue weighted by Gasteiger charge is 2.22. The van der Waals surface area contributed by atoms with E-state index in [0.717, 1.165) is 24.4 Å². The molecular formula is C16H23N3. The van der Waals surface area contributed by atoms with Gasteiger partial charge in [-0.3, -0.25) is 0 Å². The summed E-state index contributed by atoms with van der Waals surface area (Å²) in [5.74, 6) is 1.82. The molecule has 1 aliphatic rings. The van der Waals surface area contributed by atoms with Gasteiger partial charge in [-0.2, -0.15) is 0 Å². The largest absolute Gasteiger partial charge is 0.331 e. The van der Waals surface area contributed by atoms with Gasteiger partial charge in [0.1, 0.15) is 5.82 Å². The van der Waals surface area contributed by atoms with Crippen LogP contribution < -0.4 is 5.32 Å². The zero-order chi connectivity index (χ0) is 13.6. The number of nitrogens with one attached hydrogen (secondary N) is 1. The van der Waals surface area contributed by atoms with Crippen molar-refractivity contribution in [2.45, 2.75) is 38.5 Å². The summed E-state index contributed by atoms with van der Waals surface area (Å²) < 4.78 is 2.25. The van der Waals surface area contributed by atoms with Gasteiger partial charge in [-0.25, -0.2) is 4.98 Å². The molecule has 0 saturated carbocycles. The number of hydrogen-bond acceptors (Lipinski definition) is 2. The van der Waals surface area contributed by atoms with E-state index in [1.54, 1.807) is 0 Å². The first-order valence-electron chi connectivity index (χ1n) is 7.14. The molecule has 1 aliphatic heterocycles. The topological polar surface area (TPSA) is 29.9 Å². The van der Waals surface area contributed by atoms with Crippen LogP contribution in [0.5, 0.6) is 0 Å². The third-order valence-corrected chi connectivity index (χ3v) is 4.11. The smallest absolute Gasteiger partial charge is 0.115 e. The third-order valence-electron chi connectivity index (χ3n) is 4.11. The molecule has 1 atom stereocenters. The average Bonchev–Trinajstić information content (AvgIpc) is 2.96. The minimum atomic E-state index is 0.0862. The van der Waals surface area contributed by atoms with E-state index in [1.807, 2.05) is 0 Å². The lowest BCUT2D eigenvalue weighted by Crippen LogP contribution is -2.17. The lowest BCUT2D eigenvalue weighted by atomic mass is 9.96. The highest BCUT2D eigenvalue weighted by atomic mass is 15.1. The van der Waals surface area contributed by atoms with Crippen molar-refractivity contribution < 1.29 is 0 Å². The van der Waals surface area contributed by atoms with Crippen molar-refractivity contribution >= 4 is 11.0 Å². The summed E-state index contributed by atoms with van der Waals surface area (Å²) in [5, 5.41) is 3.44. The van der Waals surface area contributed by atoms with Gasteiger partial charge in [-0.1, -0.05) is 26.8 Å². The van der Waals surface area contributed by atoms with Gasteiger partial charge in [-0.05, 0) is 36.6 Å². The molecule has 0 spiro atoms. The van der Waals surface area contributed by atoms with E-state index in [2.05, 4.69) is 55.9 Å². The van der Waals surface area contributed by atoms with Crippen molar-refractivity contribution in [2.75, 3.05) is 13.1 Å². The Balaban J connectivity index is 2.10. The van der Waals surface area contributed by atoms with Gasteiger partial charge in [0, 0.05) is 19.0 Å². The summed E-state index contributed by atoms with van der Waals surface area (Å²) >= 11 is 0. The van der Waals surface area contributed by atoms with Gasteiger partial charge >= 0.3 is 0 Å². The number of nitrogens with zero attached hydrogens (tertiary/aromatic N) is 2. The minimum absolute atomic E-state index is 0.0862. The molecule has 0 bridgehead atoms. The zero-order valence-corrected chi connectivity index (χ0v) is 12.3. The van der Waals surface area contributed by atoms with Crippen molar-refractivity contribution in [3.05, 3.63) is 29.6 Å². The molecule has 3 heteroatoms. The molecule has 1 unspecified atom stereocenters. The third kappa shape index (κ3) is 2.16. The molecule has 1 aromatic heterocycles. The highest BCUT2D eigenvalue weighted by molar-refractivity contribution is 5.77. The maximum atomic E-state index is 4.80. The maximum Gasteiger partial charge on any atom is 0.115 e. The Bertz CT molecular complexity index is 598. The number of aromatic nitrogens is 2. The maximum absolute atomic E-state index is 4.80. The average molecular weight is 257 g/mol. The monoisotopic (exact) mass is 257 g/mol. The van der Waals surface area contributed by atoms with E-state index in [4.69, 9.17) is 4.98 Å². The lowest BCUT2D eigenvalue weighted by molar-refractivity contribution is 0.526. The summed E-state index contributed by atoms with van der Waals surface area (Å²) in [5.41, 5.74) is 3.90. The van der Waals surface area contributed by atoms with Crippen molar-refractivity contribution in [1.29, 1.82) is 0 Å².